The largest absolute Gasteiger partial charge is 4.00 e. The van der Waals surface area contributed by atoms with Crippen LogP contribution in [0, 0.1) is 7.43 Å². The topological polar surface area (TPSA) is 172 Å². The molecule has 0 aromatic heterocycles. The second-order valence-electron chi connectivity index (χ2n) is 3.75. The molecule has 23 heavy (non-hydrogen) atoms. The van der Waals surface area contributed by atoms with Crippen LogP contribution in [-0.4, -0.2) is 35.3 Å². The molecule has 0 aromatic rings. The number of aliphatic carboxylic acids is 3. The SMILES string of the molecule is CC(=O)CC(=O)[O-].CC(=O)CC(=O)[O-].CC(=O)CC(=O)[O-].[CH3-].[Ti+4]. The molecule has 0 saturated carbocycles. The molecule has 0 saturated heterocycles. The summed E-state index contributed by atoms with van der Waals surface area (Å²) in [6.45, 7) is 3.61. The van der Waals surface area contributed by atoms with Crippen molar-refractivity contribution in [1.82, 2.24) is 0 Å². The van der Waals surface area contributed by atoms with Gasteiger partial charge in [-0.1, -0.05) is 0 Å². The third kappa shape index (κ3) is 64.5. The summed E-state index contributed by atoms with van der Waals surface area (Å²) in [6.07, 6.45) is -1.42. The molecule has 0 radical (unpaired) electrons. The van der Waals surface area contributed by atoms with Crippen LogP contribution < -0.4 is 15.3 Å². The second-order valence-corrected chi connectivity index (χ2v) is 3.75. The molecule has 128 valence electrons. The van der Waals surface area contributed by atoms with Gasteiger partial charge in [0.2, 0.25) is 0 Å². The molecular formula is C13H18O9Ti. The van der Waals surface area contributed by atoms with Crippen molar-refractivity contribution < 1.29 is 65.8 Å². The third-order valence-corrected chi connectivity index (χ3v) is 1.18. The van der Waals surface area contributed by atoms with Crippen LogP contribution in [0.15, 0.2) is 0 Å². The summed E-state index contributed by atoms with van der Waals surface area (Å²) < 4.78 is 0. The van der Waals surface area contributed by atoms with Crippen molar-refractivity contribution in [3.63, 3.8) is 0 Å². The number of carbonyl (C=O) groups excluding carboxylic acids is 6. The van der Waals surface area contributed by atoms with Crippen molar-refractivity contribution in [2.45, 2.75) is 40.0 Å². The van der Waals surface area contributed by atoms with Crippen LogP contribution in [0.1, 0.15) is 40.0 Å². The summed E-state index contributed by atoms with van der Waals surface area (Å²) >= 11 is 0. The average Bonchev–Trinajstić information content (AvgIpc) is 2.10. The molecule has 0 N–H and O–H groups in total. The summed E-state index contributed by atoms with van der Waals surface area (Å²) in [5, 5.41) is 28.4. The second kappa shape index (κ2) is 20.1. The summed E-state index contributed by atoms with van der Waals surface area (Å²) in [4.78, 5) is 57.9. The maximum atomic E-state index is 9.83. The van der Waals surface area contributed by atoms with E-state index in [9.17, 15) is 44.1 Å². The van der Waals surface area contributed by atoms with Crippen molar-refractivity contribution >= 4 is 35.3 Å². The van der Waals surface area contributed by atoms with Gasteiger partial charge in [0.15, 0.2) is 0 Å². The van der Waals surface area contributed by atoms with Gasteiger partial charge >= 0.3 is 21.7 Å². The molecular weight excluding hydrogens is 348 g/mol. The van der Waals surface area contributed by atoms with Gasteiger partial charge in [0, 0.05) is 37.2 Å². The van der Waals surface area contributed by atoms with Crippen LogP contribution in [0.5, 0.6) is 0 Å². The summed E-state index contributed by atoms with van der Waals surface area (Å²) in [6, 6.07) is 0. The number of hydrogen-bond donors (Lipinski definition) is 0. The number of rotatable bonds is 6. The molecule has 0 aliphatic rings. The van der Waals surface area contributed by atoms with Gasteiger partial charge in [-0.2, -0.15) is 0 Å². The van der Waals surface area contributed by atoms with Crippen molar-refractivity contribution in [1.29, 1.82) is 0 Å². The van der Waals surface area contributed by atoms with E-state index in [1.54, 1.807) is 0 Å². The smallest absolute Gasteiger partial charge is 0.550 e. The van der Waals surface area contributed by atoms with Crippen LogP contribution in [0.25, 0.3) is 0 Å². The number of carboxylic acid groups (broad SMARTS) is 3. The molecule has 9 nitrogen and oxygen atoms in total. The zero-order valence-electron chi connectivity index (χ0n) is 13.3. The zero-order valence-corrected chi connectivity index (χ0v) is 14.9. The fourth-order valence-corrected chi connectivity index (χ4v) is 0.610. The van der Waals surface area contributed by atoms with Crippen LogP contribution in [0.3, 0.4) is 0 Å². The Morgan fingerprint density at radius 2 is 0.696 bits per heavy atom. The minimum absolute atomic E-state index is 0. The number of ketones is 3. The number of hydrogen-bond acceptors (Lipinski definition) is 9. The fourth-order valence-electron chi connectivity index (χ4n) is 0.610. The van der Waals surface area contributed by atoms with Gasteiger partial charge < -0.3 is 37.1 Å². The Kier molecular flexibility index (Phi) is 28.8. The Hall–Kier alpha value is -1.87. The summed E-state index contributed by atoms with van der Waals surface area (Å²) in [5.74, 6) is -5.06. The minimum atomic E-state index is -1.31. The van der Waals surface area contributed by atoms with Gasteiger partial charge in [0.1, 0.15) is 17.3 Å². The zero-order chi connectivity index (χ0) is 17.6. The molecule has 0 amide bonds. The Morgan fingerprint density at radius 3 is 0.696 bits per heavy atom. The van der Waals surface area contributed by atoms with Crippen molar-refractivity contribution in [2.75, 3.05) is 0 Å². The first-order chi connectivity index (χ1) is 9.38. The molecule has 0 fully saturated rings. The van der Waals surface area contributed by atoms with E-state index in [1.807, 2.05) is 0 Å². The number of carbonyl (C=O) groups is 6. The first-order valence-corrected chi connectivity index (χ1v) is 5.46. The molecule has 10 heteroatoms. The maximum Gasteiger partial charge on any atom is 4.00 e. The standard InChI is InChI=1S/3C4H6O3.CH3.Ti/c3*1-3(5)2-4(6)7;;/h3*2H2,1H3,(H,6,7);1H3;/q;;;-1;+4/p-3. The van der Waals surface area contributed by atoms with E-state index in [4.69, 9.17) is 0 Å². The maximum absolute atomic E-state index is 9.83. The summed E-state index contributed by atoms with van der Waals surface area (Å²) in [5.41, 5.74) is 0. The Balaban J connectivity index is -0.0000000675. The van der Waals surface area contributed by atoms with Crippen LogP contribution in [0.4, 0.5) is 0 Å². The molecule has 0 heterocycles. The van der Waals surface area contributed by atoms with Crippen molar-refractivity contribution in [3.8, 4) is 0 Å². The summed E-state index contributed by atoms with van der Waals surface area (Å²) in [7, 11) is 0. The monoisotopic (exact) mass is 366 g/mol. The van der Waals surface area contributed by atoms with E-state index in [0.717, 1.165) is 0 Å². The van der Waals surface area contributed by atoms with Crippen LogP contribution in [-0.2, 0) is 50.5 Å². The minimum Gasteiger partial charge on any atom is -0.550 e. The van der Waals surface area contributed by atoms with Gasteiger partial charge in [-0.05, 0) is 20.8 Å². The molecule has 0 aromatic carbocycles. The molecule has 0 aliphatic carbocycles. The first kappa shape index (κ1) is 32.9. The van der Waals surface area contributed by atoms with E-state index in [1.165, 1.54) is 20.8 Å². The van der Waals surface area contributed by atoms with Gasteiger partial charge in [-0.15, -0.1) is 0 Å². The Labute approximate surface area is 148 Å². The van der Waals surface area contributed by atoms with E-state index in [2.05, 4.69) is 0 Å². The van der Waals surface area contributed by atoms with Gasteiger partial charge in [-0.3, -0.25) is 14.4 Å². The van der Waals surface area contributed by atoms with Crippen LogP contribution in [0.2, 0.25) is 0 Å². The van der Waals surface area contributed by atoms with Gasteiger partial charge in [0.05, 0.1) is 0 Å². The fraction of sp³-hybridized carbons (Fsp3) is 0.462. The quantitative estimate of drug-likeness (QED) is 0.264. The molecule has 0 bridgehead atoms. The van der Waals surface area contributed by atoms with Crippen molar-refractivity contribution in [3.05, 3.63) is 7.43 Å². The number of carboxylic acids is 3. The van der Waals surface area contributed by atoms with Crippen molar-refractivity contribution in [2.24, 2.45) is 0 Å². The Bertz CT molecular complexity index is 318. The molecule has 0 spiro atoms. The third-order valence-electron chi connectivity index (χ3n) is 1.18. The molecule has 0 unspecified atom stereocenters. The molecule has 0 atom stereocenters. The predicted molar refractivity (Wildman–Crippen MR) is 67.3 cm³/mol. The Morgan fingerprint density at radius 1 is 0.565 bits per heavy atom. The van der Waals surface area contributed by atoms with E-state index < -0.39 is 37.2 Å². The van der Waals surface area contributed by atoms with E-state index in [-0.39, 0.29) is 46.5 Å². The van der Waals surface area contributed by atoms with Crippen LogP contribution >= 0.6 is 0 Å². The first-order valence-electron chi connectivity index (χ1n) is 5.46. The van der Waals surface area contributed by atoms with Gasteiger partial charge in [0.25, 0.3) is 0 Å². The molecule has 0 aliphatic heterocycles. The molecule has 0 rings (SSSR count). The van der Waals surface area contributed by atoms with E-state index >= 15 is 0 Å². The van der Waals surface area contributed by atoms with E-state index in [0.29, 0.717) is 0 Å². The number of Topliss-reactive ketones (excluding diaryl/α,β-unsaturated/α-hetero) is 3. The normalized spacial score (nSPS) is 7.43. The van der Waals surface area contributed by atoms with Gasteiger partial charge in [-0.25, -0.2) is 0 Å². The predicted octanol–water partition coefficient (Wildman–Crippen LogP) is -3.41. The average molecular weight is 366 g/mol.